The molecule has 2 aromatic carbocycles. The molecule has 0 atom stereocenters. The number of carbonyl (C=O) groups excluding carboxylic acids is 1. The third kappa shape index (κ3) is 5.48. The Labute approximate surface area is 151 Å². The van der Waals surface area contributed by atoms with Crippen LogP contribution < -0.4 is 9.62 Å². The summed E-state index contributed by atoms with van der Waals surface area (Å²) in [6, 6.07) is 14.8. The molecule has 1 N–H and O–H groups in total. The predicted molar refractivity (Wildman–Crippen MR) is 98.0 cm³/mol. The number of anilines is 2. The van der Waals surface area contributed by atoms with Crippen LogP contribution in [0.2, 0.25) is 5.02 Å². The molecular weight excluding hydrogens is 362 g/mol. The number of sulfonamides is 1. The van der Waals surface area contributed by atoms with Crippen LogP contribution in [0.4, 0.5) is 11.4 Å². The second-order valence-electron chi connectivity index (χ2n) is 5.30. The van der Waals surface area contributed by atoms with Crippen molar-refractivity contribution in [2.75, 3.05) is 22.4 Å². The molecule has 0 radical (unpaired) electrons. The van der Waals surface area contributed by atoms with Crippen molar-refractivity contribution in [1.82, 2.24) is 0 Å². The van der Waals surface area contributed by atoms with Gasteiger partial charge in [-0.15, -0.1) is 0 Å². The van der Waals surface area contributed by atoms with Gasteiger partial charge in [0.2, 0.25) is 15.9 Å². The zero-order valence-electron chi connectivity index (χ0n) is 13.4. The first-order valence-electron chi connectivity index (χ1n) is 7.33. The Morgan fingerprint density at radius 3 is 2.48 bits per heavy atom. The number of halogens is 1. The second-order valence-corrected chi connectivity index (χ2v) is 7.65. The van der Waals surface area contributed by atoms with E-state index in [1.165, 1.54) is 6.07 Å². The number of nitriles is 1. The predicted octanol–water partition coefficient (Wildman–Crippen LogP) is 3.01. The highest BCUT2D eigenvalue weighted by molar-refractivity contribution is 7.92. The summed E-state index contributed by atoms with van der Waals surface area (Å²) in [6.45, 7) is -0.0126. The van der Waals surface area contributed by atoms with Crippen molar-refractivity contribution in [1.29, 1.82) is 5.26 Å². The van der Waals surface area contributed by atoms with Gasteiger partial charge in [-0.3, -0.25) is 9.10 Å². The van der Waals surface area contributed by atoms with E-state index in [0.29, 0.717) is 22.0 Å². The molecule has 2 aromatic rings. The first-order chi connectivity index (χ1) is 11.8. The molecule has 0 aliphatic carbocycles. The minimum atomic E-state index is -3.55. The van der Waals surface area contributed by atoms with Crippen molar-refractivity contribution < 1.29 is 13.2 Å². The van der Waals surface area contributed by atoms with Crippen LogP contribution in [0, 0.1) is 11.3 Å². The maximum absolute atomic E-state index is 12.1. The molecule has 0 aromatic heterocycles. The minimum Gasteiger partial charge on any atom is -0.326 e. The SMILES string of the molecule is CS(=O)(=O)N(CCC(=O)Nc1ccc(C#N)cc1)c1cccc(Cl)c1. The van der Waals surface area contributed by atoms with Crippen LogP contribution in [0.3, 0.4) is 0 Å². The Hall–Kier alpha value is -2.56. The van der Waals surface area contributed by atoms with Gasteiger partial charge in [0, 0.05) is 23.7 Å². The first kappa shape index (κ1) is 18.8. The topological polar surface area (TPSA) is 90.3 Å². The highest BCUT2D eigenvalue weighted by Gasteiger charge is 2.19. The van der Waals surface area contributed by atoms with Crippen molar-refractivity contribution in [3.63, 3.8) is 0 Å². The number of nitrogens with one attached hydrogen (secondary N) is 1. The van der Waals surface area contributed by atoms with E-state index < -0.39 is 10.0 Å². The number of hydrogen-bond acceptors (Lipinski definition) is 4. The van der Waals surface area contributed by atoms with Crippen LogP contribution >= 0.6 is 11.6 Å². The number of carbonyl (C=O) groups is 1. The summed E-state index contributed by atoms with van der Waals surface area (Å²) in [6.07, 6.45) is 1.05. The Morgan fingerprint density at radius 2 is 1.92 bits per heavy atom. The fraction of sp³-hybridized carbons (Fsp3) is 0.176. The van der Waals surface area contributed by atoms with Crippen molar-refractivity contribution in [2.45, 2.75) is 6.42 Å². The maximum Gasteiger partial charge on any atom is 0.232 e. The quantitative estimate of drug-likeness (QED) is 0.837. The van der Waals surface area contributed by atoms with Crippen LogP contribution in [-0.4, -0.2) is 27.1 Å². The van der Waals surface area contributed by atoms with Gasteiger partial charge >= 0.3 is 0 Å². The van der Waals surface area contributed by atoms with E-state index in [1.807, 2.05) is 6.07 Å². The third-order valence-electron chi connectivity index (χ3n) is 3.34. The Balaban J connectivity index is 2.05. The lowest BCUT2D eigenvalue weighted by Gasteiger charge is -2.22. The highest BCUT2D eigenvalue weighted by atomic mass is 35.5. The van der Waals surface area contributed by atoms with Crippen LogP contribution in [0.5, 0.6) is 0 Å². The van der Waals surface area contributed by atoms with Gasteiger partial charge in [-0.1, -0.05) is 17.7 Å². The molecule has 8 heteroatoms. The third-order valence-corrected chi connectivity index (χ3v) is 4.77. The van der Waals surface area contributed by atoms with Crippen molar-refractivity contribution in [3.8, 4) is 6.07 Å². The lowest BCUT2D eigenvalue weighted by molar-refractivity contribution is -0.116. The number of nitrogens with zero attached hydrogens (tertiary/aromatic N) is 2. The first-order valence-corrected chi connectivity index (χ1v) is 9.55. The fourth-order valence-electron chi connectivity index (χ4n) is 2.17. The summed E-state index contributed by atoms with van der Waals surface area (Å²) in [5.41, 5.74) is 1.43. The molecule has 130 valence electrons. The lowest BCUT2D eigenvalue weighted by Crippen LogP contribution is -2.33. The van der Waals surface area contributed by atoms with E-state index in [4.69, 9.17) is 16.9 Å². The second kappa shape index (κ2) is 8.01. The van der Waals surface area contributed by atoms with E-state index >= 15 is 0 Å². The Morgan fingerprint density at radius 1 is 1.24 bits per heavy atom. The molecule has 2 rings (SSSR count). The molecule has 0 bridgehead atoms. The standard InChI is InChI=1S/C17H16ClN3O3S/c1-25(23,24)21(16-4-2-3-14(18)11-16)10-9-17(22)20-15-7-5-13(12-19)6-8-15/h2-8,11H,9-10H2,1H3,(H,20,22). The van der Waals surface area contributed by atoms with Crippen molar-refractivity contribution in [2.24, 2.45) is 0 Å². The van der Waals surface area contributed by atoms with Gasteiger partial charge in [-0.2, -0.15) is 5.26 Å². The van der Waals surface area contributed by atoms with Crippen molar-refractivity contribution >= 4 is 38.9 Å². The van der Waals surface area contributed by atoms with Crippen LogP contribution in [-0.2, 0) is 14.8 Å². The molecule has 0 saturated heterocycles. The van der Waals surface area contributed by atoms with Gasteiger partial charge in [0.05, 0.1) is 23.6 Å². The Bertz CT molecular complexity index is 905. The number of rotatable bonds is 6. The molecule has 0 aliphatic rings. The summed E-state index contributed by atoms with van der Waals surface area (Å²) >= 11 is 5.91. The van der Waals surface area contributed by atoms with Gasteiger partial charge in [0.15, 0.2) is 0 Å². The molecule has 0 aliphatic heterocycles. The minimum absolute atomic E-state index is 0.0126. The summed E-state index contributed by atoms with van der Waals surface area (Å²) in [5.74, 6) is -0.333. The highest BCUT2D eigenvalue weighted by Crippen LogP contribution is 2.22. The molecule has 0 saturated carbocycles. The molecule has 25 heavy (non-hydrogen) atoms. The largest absolute Gasteiger partial charge is 0.326 e. The van der Waals surface area contributed by atoms with Gasteiger partial charge in [0.25, 0.3) is 0 Å². The zero-order valence-corrected chi connectivity index (χ0v) is 15.0. The molecule has 1 amide bonds. The summed E-state index contributed by atoms with van der Waals surface area (Å²) in [7, 11) is -3.55. The van der Waals surface area contributed by atoms with Crippen LogP contribution in [0.25, 0.3) is 0 Å². The zero-order chi connectivity index (χ0) is 18.4. The summed E-state index contributed by atoms with van der Waals surface area (Å²) in [4.78, 5) is 12.1. The molecule has 6 nitrogen and oxygen atoms in total. The van der Waals surface area contributed by atoms with Gasteiger partial charge < -0.3 is 5.32 Å². The van der Waals surface area contributed by atoms with Gasteiger partial charge in [-0.25, -0.2) is 8.42 Å². The summed E-state index contributed by atoms with van der Waals surface area (Å²) < 4.78 is 25.1. The van der Waals surface area contributed by atoms with E-state index in [-0.39, 0.29) is 18.9 Å². The van der Waals surface area contributed by atoms with Gasteiger partial charge in [0.1, 0.15) is 0 Å². The number of hydrogen-bond donors (Lipinski definition) is 1. The van der Waals surface area contributed by atoms with Crippen LogP contribution in [0.15, 0.2) is 48.5 Å². The molecule has 0 spiro atoms. The molecular formula is C17H16ClN3O3S. The average molecular weight is 378 g/mol. The van der Waals surface area contributed by atoms with Crippen molar-refractivity contribution in [3.05, 3.63) is 59.1 Å². The normalized spacial score (nSPS) is 10.8. The molecule has 0 fully saturated rings. The lowest BCUT2D eigenvalue weighted by atomic mass is 10.2. The monoisotopic (exact) mass is 377 g/mol. The molecule has 0 unspecified atom stereocenters. The van der Waals surface area contributed by atoms with Gasteiger partial charge in [-0.05, 0) is 42.5 Å². The van der Waals surface area contributed by atoms with E-state index in [0.717, 1.165) is 10.6 Å². The average Bonchev–Trinajstić information content (AvgIpc) is 2.54. The fourth-order valence-corrected chi connectivity index (χ4v) is 3.28. The van der Waals surface area contributed by atoms with E-state index in [9.17, 15) is 13.2 Å². The van der Waals surface area contributed by atoms with E-state index in [2.05, 4.69) is 5.32 Å². The number of amides is 1. The maximum atomic E-state index is 12.1. The van der Waals surface area contributed by atoms with Crippen LogP contribution in [0.1, 0.15) is 12.0 Å². The summed E-state index contributed by atoms with van der Waals surface area (Å²) in [5, 5.41) is 11.8. The van der Waals surface area contributed by atoms with E-state index in [1.54, 1.807) is 42.5 Å². The Kier molecular flexibility index (Phi) is 6.02. The molecule has 0 heterocycles. The smallest absolute Gasteiger partial charge is 0.232 e. The number of benzene rings is 2.